The Labute approximate surface area is 206 Å². The fourth-order valence-electron chi connectivity index (χ4n) is 4.41. The number of benzene rings is 4. The van der Waals surface area contributed by atoms with Crippen LogP contribution in [0.3, 0.4) is 0 Å². The Hall–Kier alpha value is -3.97. The van der Waals surface area contributed by atoms with Crippen LogP contribution in [0.1, 0.15) is 0 Å². The molecule has 0 aliphatic heterocycles. The molecule has 5 nitrogen and oxygen atoms in total. The van der Waals surface area contributed by atoms with Gasteiger partial charge in [0, 0.05) is 0 Å². The molecular weight excluding hydrogens is 468 g/mol. The van der Waals surface area contributed by atoms with Gasteiger partial charge in [0.05, 0.1) is 12.3 Å². The number of rotatable bonds is 10. The first kappa shape index (κ1) is 24.2. The summed E-state index contributed by atoms with van der Waals surface area (Å²) in [6.07, 6.45) is 3.77. The van der Waals surface area contributed by atoms with Crippen molar-refractivity contribution < 1.29 is 13.7 Å². The molecule has 0 saturated carbocycles. The van der Waals surface area contributed by atoms with Gasteiger partial charge in [-0.1, -0.05) is 121 Å². The second-order valence-corrected chi connectivity index (χ2v) is 15.1. The molecule has 4 aromatic rings. The summed E-state index contributed by atoms with van der Waals surface area (Å²) in [4.78, 5) is 31.0. The lowest BCUT2D eigenvalue weighted by atomic mass is 10.4. The van der Waals surface area contributed by atoms with Crippen molar-refractivity contribution >= 4 is 49.5 Å². The number of hydrogen-bond donors (Lipinski definition) is 0. The first-order chi connectivity index (χ1) is 17.2. The van der Waals surface area contributed by atoms with Crippen LogP contribution in [-0.2, 0) is 13.7 Å². The van der Waals surface area contributed by atoms with Crippen LogP contribution < -0.4 is 20.7 Å². The van der Waals surface area contributed by atoms with Gasteiger partial charge in [0.15, 0.2) is 0 Å². The van der Waals surface area contributed by atoms with E-state index in [0.29, 0.717) is 0 Å². The summed E-state index contributed by atoms with van der Waals surface area (Å²) in [6.45, 7) is 0. The Balaban J connectivity index is 2.06. The standard InChI is InChI=1S/C28H24N2O3Si2/c31-21-29-23-34(25-13-5-1-6-14-25,26-15-7-2-8-16-26)33-35(24-30-22-32,27-17-9-3-10-18-27)28-19-11-4-12-20-28/h1-20H,23-24H2. The van der Waals surface area contributed by atoms with E-state index in [4.69, 9.17) is 4.12 Å². The molecule has 0 N–H and O–H groups in total. The largest absolute Gasteiger partial charge is 0.440 e. The van der Waals surface area contributed by atoms with Gasteiger partial charge < -0.3 is 4.12 Å². The third-order valence-corrected chi connectivity index (χ3v) is 15.1. The Morgan fingerprint density at radius 1 is 0.486 bits per heavy atom. The van der Waals surface area contributed by atoms with Gasteiger partial charge in [-0.25, -0.2) is 19.6 Å². The van der Waals surface area contributed by atoms with Crippen molar-refractivity contribution in [1.29, 1.82) is 0 Å². The summed E-state index contributed by atoms with van der Waals surface area (Å²) in [6, 6.07) is 39.7. The van der Waals surface area contributed by atoms with Crippen LogP contribution in [-0.4, -0.2) is 41.1 Å². The van der Waals surface area contributed by atoms with Crippen LogP contribution in [0.4, 0.5) is 0 Å². The lowest BCUT2D eigenvalue weighted by molar-refractivity contribution is 0.554. The number of isocyanates is 2. The predicted octanol–water partition coefficient (Wildman–Crippen LogP) is 2.27. The van der Waals surface area contributed by atoms with Gasteiger partial charge in [-0.3, -0.25) is 0 Å². The van der Waals surface area contributed by atoms with Crippen LogP contribution in [0.5, 0.6) is 0 Å². The average Bonchev–Trinajstić information content (AvgIpc) is 2.95. The van der Waals surface area contributed by atoms with Crippen LogP contribution in [0.15, 0.2) is 131 Å². The molecule has 0 aliphatic rings. The Bertz CT molecular complexity index is 1140. The minimum atomic E-state index is -3.18. The molecule has 0 atom stereocenters. The van der Waals surface area contributed by atoms with Gasteiger partial charge in [0.2, 0.25) is 12.2 Å². The van der Waals surface area contributed by atoms with Gasteiger partial charge in [0.1, 0.15) is 0 Å². The van der Waals surface area contributed by atoms with Crippen LogP contribution in [0, 0.1) is 0 Å². The van der Waals surface area contributed by atoms with Gasteiger partial charge in [-0.15, -0.1) is 0 Å². The minimum absolute atomic E-state index is 0.156. The molecule has 172 valence electrons. The molecular formula is C28H24N2O3Si2. The minimum Gasteiger partial charge on any atom is -0.440 e. The van der Waals surface area contributed by atoms with Crippen molar-refractivity contribution in [3.05, 3.63) is 121 Å². The van der Waals surface area contributed by atoms with E-state index in [1.807, 2.05) is 121 Å². The van der Waals surface area contributed by atoms with E-state index in [1.165, 1.54) is 0 Å². The molecule has 0 aromatic heterocycles. The van der Waals surface area contributed by atoms with E-state index < -0.39 is 16.6 Å². The third kappa shape index (κ3) is 5.10. The number of carbonyl (C=O) groups excluding carboxylic acids is 2. The second kappa shape index (κ2) is 11.4. The normalized spacial score (nSPS) is 11.2. The highest BCUT2D eigenvalue weighted by Gasteiger charge is 2.50. The molecule has 0 heterocycles. The van der Waals surface area contributed by atoms with Crippen LogP contribution in [0.25, 0.3) is 0 Å². The zero-order valence-electron chi connectivity index (χ0n) is 19.1. The molecule has 0 bridgehead atoms. The van der Waals surface area contributed by atoms with E-state index in [2.05, 4.69) is 9.98 Å². The van der Waals surface area contributed by atoms with Crippen LogP contribution in [0.2, 0.25) is 0 Å². The topological polar surface area (TPSA) is 68.1 Å². The lowest BCUT2D eigenvalue weighted by Gasteiger charge is -2.41. The van der Waals surface area contributed by atoms with Crippen LogP contribution >= 0.6 is 0 Å². The van der Waals surface area contributed by atoms with Crippen molar-refractivity contribution in [3.8, 4) is 0 Å². The molecule has 0 saturated heterocycles. The van der Waals surface area contributed by atoms with E-state index in [0.717, 1.165) is 20.7 Å². The maximum absolute atomic E-state index is 11.4. The van der Waals surface area contributed by atoms with Crippen molar-refractivity contribution in [2.24, 2.45) is 9.98 Å². The zero-order chi connectivity index (χ0) is 24.4. The molecule has 0 fully saturated rings. The van der Waals surface area contributed by atoms with Gasteiger partial charge >= 0.3 is 0 Å². The molecule has 0 radical (unpaired) electrons. The quantitative estimate of drug-likeness (QED) is 0.194. The van der Waals surface area contributed by atoms with Gasteiger partial charge in [-0.05, 0) is 20.7 Å². The lowest BCUT2D eigenvalue weighted by Crippen LogP contribution is -2.75. The fraction of sp³-hybridized carbons (Fsp3) is 0.0714. The molecule has 7 heteroatoms. The first-order valence-electron chi connectivity index (χ1n) is 11.2. The molecule has 0 amide bonds. The average molecular weight is 493 g/mol. The predicted molar refractivity (Wildman–Crippen MR) is 143 cm³/mol. The second-order valence-electron chi connectivity index (χ2n) is 8.04. The van der Waals surface area contributed by atoms with Crippen molar-refractivity contribution in [3.63, 3.8) is 0 Å². The van der Waals surface area contributed by atoms with Crippen molar-refractivity contribution in [2.45, 2.75) is 0 Å². The van der Waals surface area contributed by atoms with Gasteiger partial charge in [-0.2, -0.15) is 0 Å². The van der Waals surface area contributed by atoms with E-state index in [1.54, 1.807) is 12.2 Å². The molecule has 4 aromatic carbocycles. The summed E-state index contributed by atoms with van der Waals surface area (Å²) in [7, 11) is -6.35. The third-order valence-electron chi connectivity index (χ3n) is 6.04. The number of aliphatic imine (C=N–C) groups is 2. The van der Waals surface area contributed by atoms with Crippen molar-refractivity contribution in [1.82, 2.24) is 0 Å². The van der Waals surface area contributed by atoms with E-state index >= 15 is 0 Å². The van der Waals surface area contributed by atoms with E-state index in [-0.39, 0.29) is 12.3 Å². The highest BCUT2D eigenvalue weighted by Crippen LogP contribution is 2.18. The highest BCUT2D eigenvalue weighted by atomic mass is 28.4. The Morgan fingerprint density at radius 2 is 0.743 bits per heavy atom. The number of hydrogen-bond acceptors (Lipinski definition) is 5. The smallest absolute Gasteiger partial charge is 0.268 e. The summed E-state index contributed by atoms with van der Waals surface area (Å²) in [5.41, 5.74) is 0. The monoisotopic (exact) mass is 492 g/mol. The SMILES string of the molecule is O=C=NC[Si](O[Si](CN=C=O)(c1ccccc1)c1ccccc1)(c1ccccc1)c1ccccc1. The Morgan fingerprint density at radius 3 is 0.971 bits per heavy atom. The van der Waals surface area contributed by atoms with Crippen molar-refractivity contribution in [2.75, 3.05) is 12.3 Å². The van der Waals surface area contributed by atoms with E-state index in [9.17, 15) is 9.59 Å². The number of nitrogens with zero attached hydrogens (tertiary/aromatic N) is 2. The summed E-state index contributed by atoms with van der Waals surface area (Å²) in [5, 5.41) is 3.90. The zero-order valence-corrected chi connectivity index (χ0v) is 21.1. The summed E-state index contributed by atoms with van der Waals surface area (Å²) in [5.74, 6) is 0. The molecule has 0 spiro atoms. The molecule has 0 unspecified atom stereocenters. The molecule has 0 aliphatic carbocycles. The highest BCUT2D eigenvalue weighted by molar-refractivity contribution is 7.09. The molecule has 4 rings (SSSR count). The fourth-order valence-corrected chi connectivity index (χ4v) is 14.1. The first-order valence-corrected chi connectivity index (χ1v) is 15.5. The molecule has 35 heavy (non-hydrogen) atoms. The summed E-state index contributed by atoms with van der Waals surface area (Å²) >= 11 is 0. The van der Waals surface area contributed by atoms with Gasteiger partial charge in [0.25, 0.3) is 16.6 Å². The maximum Gasteiger partial charge on any atom is 0.268 e. The Kier molecular flexibility index (Phi) is 7.90. The maximum atomic E-state index is 11.4. The summed E-state index contributed by atoms with van der Waals surface area (Å²) < 4.78 is 7.51.